The van der Waals surface area contributed by atoms with Gasteiger partial charge in [0.25, 0.3) is 15.9 Å². The van der Waals surface area contributed by atoms with Crippen molar-refractivity contribution in [3.05, 3.63) is 84.4 Å². The van der Waals surface area contributed by atoms with Gasteiger partial charge in [-0.05, 0) is 75.6 Å². The number of para-hydroxylation sites is 1. The quantitative estimate of drug-likeness (QED) is 0.291. The van der Waals surface area contributed by atoms with E-state index in [-0.39, 0.29) is 53.9 Å². The zero-order valence-corrected chi connectivity index (χ0v) is 28.3. The smallest absolute Gasteiger partial charge is 0.321 e. The summed E-state index contributed by atoms with van der Waals surface area (Å²) >= 11 is 0. The zero-order valence-electron chi connectivity index (χ0n) is 27.5. The Labute approximate surface area is 277 Å². The van der Waals surface area contributed by atoms with Crippen LogP contribution in [0.25, 0.3) is 0 Å². The number of aliphatic hydroxyl groups is 1. The van der Waals surface area contributed by atoms with E-state index in [1.807, 2.05) is 44.2 Å². The van der Waals surface area contributed by atoms with Gasteiger partial charge in [-0.1, -0.05) is 43.3 Å². The maximum absolute atomic E-state index is 14.3. The standard InChI is InChI=1S/C35H46N4O7S/c1-25-22-39(26(2)24-40)34(41)31-21-29(37-47(43,44)30-16-9-6-10-17-30)18-19-32(31)46-27(3)13-11-12-20-45-33(25)23-38(4)35(42)36-28-14-7-5-8-15-28/h5-10,14-19,21,25-27,33,37,40H,11-13,20,22-24H2,1-4H3,(H,36,42)/t25-,26+,27+,33+/m0/s1. The molecule has 0 fully saturated rings. The van der Waals surface area contributed by atoms with E-state index in [4.69, 9.17) is 9.47 Å². The van der Waals surface area contributed by atoms with Crippen LogP contribution >= 0.6 is 0 Å². The van der Waals surface area contributed by atoms with Crippen LogP contribution in [0.3, 0.4) is 0 Å². The molecule has 0 radical (unpaired) electrons. The number of aliphatic hydroxyl groups excluding tert-OH is 1. The normalized spacial score (nSPS) is 20.2. The van der Waals surface area contributed by atoms with Crippen LogP contribution in [0, 0.1) is 5.92 Å². The summed E-state index contributed by atoms with van der Waals surface area (Å²) in [6, 6.07) is 21.0. The van der Waals surface area contributed by atoms with E-state index in [2.05, 4.69) is 10.0 Å². The van der Waals surface area contributed by atoms with Crippen molar-refractivity contribution in [3.8, 4) is 5.75 Å². The lowest BCUT2D eigenvalue weighted by atomic mass is 10.0. The summed E-state index contributed by atoms with van der Waals surface area (Å²) in [5.41, 5.74) is 1.06. The molecule has 254 valence electrons. The Morgan fingerprint density at radius 1 is 1.02 bits per heavy atom. The number of hydrogen-bond acceptors (Lipinski definition) is 7. The van der Waals surface area contributed by atoms with Gasteiger partial charge in [-0.15, -0.1) is 0 Å². The molecule has 0 saturated heterocycles. The third-order valence-corrected chi connectivity index (χ3v) is 9.58. The molecule has 0 aliphatic carbocycles. The van der Waals surface area contributed by atoms with Crippen molar-refractivity contribution in [2.24, 2.45) is 5.92 Å². The van der Waals surface area contributed by atoms with Crippen LogP contribution in [0.2, 0.25) is 0 Å². The first-order valence-corrected chi connectivity index (χ1v) is 17.5. The second kappa shape index (κ2) is 16.6. The first-order valence-electron chi connectivity index (χ1n) is 16.0. The topological polar surface area (TPSA) is 138 Å². The molecule has 0 aromatic heterocycles. The van der Waals surface area contributed by atoms with Gasteiger partial charge in [0.15, 0.2) is 0 Å². The van der Waals surface area contributed by atoms with Crippen molar-refractivity contribution in [2.45, 2.75) is 63.2 Å². The molecule has 0 bridgehead atoms. The number of sulfonamides is 1. The Kier molecular flexibility index (Phi) is 12.6. The first kappa shape index (κ1) is 35.7. The number of likely N-dealkylation sites (N-methyl/N-ethyl adjacent to an activating group) is 1. The largest absolute Gasteiger partial charge is 0.490 e. The summed E-state index contributed by atoms with van der Waals surface area (Å²) in [6.07, 6.45) is 1.65. The van der Waals surface area contributed by atoms with E-state index < -0.39 is 28.1 Å². The van der Waals surface area contributed by atoms with Crippen LogP contribution < -0.4 is 14.8 Å². The number of amides is 3. The van der Waals surface area contributed by atoms with E-state index >= 15 is 0 Å². The fourth-order valence-electron chi connectivity index (χ4n) is 5.36. The van der Waals surface area contributed by atoms with E-state index in [0.717, 1.165) is 12.8 Å². The highest BCUT2D eigenvalue weighted by Crippen LogP contribution is 2.29. The summed E-state index contributed by atoms with van der Waals surface area (Å²) in [4.78, 5) is 30.6. The lowest BCUT2D eigenvalue weighted by molar-refractivity contribution is -0.0115. The molecular formula is C35H46N4O7S. The number of nitrogens with zero attached hydrogens (tertiary/aromatic N) is 2. The van der Waals surface area contributed by atoms with Crippen molar-refractivity contribution in [1.29, 1.82) is 0 Å². The number of carbonyl (C=O) groups excluding carboxylic acids is 2. The molecule has 1 heterocycles. The summed E-state index contributed by atoms with van der Waals surface area (Å²) in [5.74, 6) is -0.339. The fourth-order valence-corrected chi connectivity index (χ4v) is 6.43. The fraction of sp³-hybridized carbons (Fsp3) is 0.429. The highest BCUT2D eigenvalue weighted by atomic mass is 32.2. The number of anilines is 2. The lowest BCUT2D eigenvalue weighted by Crippen LogP contribution is -2.48. The van der Waals surface area contributed by atoms with Crippen molar-refractivity contribution in [3.63, 3.8) is 0 Å². The molecular weight excluding hydrogens is 620 g/mol. The monoisotopic (exact) mass is 666 g/mol. The second-order valence-corrected chi connectivity index (χ2v) is 13.8. The number of urea groups is 1. The molecule has 3 N–H and O–H groups in total. The maximum Gasteiger partial charge on any atom is 0.321 e. The number of nitrogens with one attached hydrogen (secondary N) is 2. The molecule has 1 aliphatic heterocycles. The molecule has 4 rings (SSSR count). The first-order chi connectivity index (χ1) is 22.5. The molecule has 11 nitrogen and oxygen atoms in total. The average molecular weight is 667 g/mol. The molecule has 0 spiro atoms. The van der Waals surface area contributed by atoms with Crippen LogP contribution in [0.4, 0.5) is 16.2 Å². The number of carbonyl (C=O) groups is 2. The Morgan fingerprint density at radius 2 is 1.70 bits per heavy atom. The third kappa shape index (κ3) is 9.93. The van der Waals surface area contributed by atoms with Crippen molar-refractivity contribution >= 4 is 33.3 Å². The van der Waals surface area contributed by atoms with Crippen LogP contribution in [0.5, 0.6) is 5.75 Å². The molecule has 4 atom stereocenters. The minimum Gasteiger partial charge on any atom is -0.490 e. The van der Waals surface area contributed by atoms with Crippen molar-refractivity contribution in [1.82, 2.24) is 9.80 Å². The van der Waals surface area contributed by atoms with Gasteiger partial charge in [0, 0.05) is 44.0 Å². The highest BCUT2D eigenvalue weighted by Gasteiger charge is 2.31. The SMILES string of the molecule is C[C@@H]1CCCCO[C@H](CN(C)C(=O)Nc2ccccc2)[C@@H](C)CN([C@H](C)CO)C(=O)c2cc(NS(=O)(=O)c3ccccc3)ccc2O1. The van der Waals surface area contributed by atoms with Crippen LogP contribution in [-0.4, -0.2) is 86.9 Å². The van der Waals surface area contributed by atoms with Gasteiger partial charge in [-0.3, -0.25) is 9.52 Å². The zero-order chi connectivity index (χ0) is 34.0. The second-order valence-electron chi connectivity index (χ2n) is 12.1. The Bertz CT molecular complexity index is 1570. The van der Waals surface area contributed by atoms with Crippen LogP contribution in [0.1, 0.15) is 50.4 Å². The summed E-state index contributed by atoms with van der Waals surface area (Å²) < 4.78 is 41.4. The number of hydrogen-bond donors (Lipinski definition) is 3. The van der Waals surface area contributed by atoms with E-state index in [1.165, 1.54) is 18.2 Å². The van der Waals surface area contributed by atoms with Gasteiger partial charge in [-0.2, -0.15) is 0 Å². The van der Waals surface area contributed by atoms with E-state index in [0.29, 0.717) is 24.5 Å². The van der Waals surface area contributed by atoms with Gasteiger partial charge in [0.2, 0.25) is 0 Å². The Morgan fingerprint density at radius 3 is 2.38 bits per heavy atom. The average Bonchev–Trinajstić information content (AvgIpc) is 3.06. The number of ether oxygens (including phenoxy) is 2. The molecule has 12 heteroatoms. The molecule has 1 aliphatic rings. The van der Waals surface area contributed by atoms with E-state index in [9.17, 15) is 23.1 Å². The molecule has 0 unspecified atom stereocenters. The number of benzene rings is 3. The van der Waals surface area contributed by atoms with Gasteiger partial charge in [0.1, 0.15) is 5.75 Å². The number of fused-ring (bicyclic) bond motifs is 1. The van der Waals surface area contributed by atoms with Gasteiger partial charge in [-0.25, -0.2) is 13.2 Å². The Balaban J connectivity index is 1.63. The van der Waals surface area contributed by atoms with Crippen molar-refractivity contribution in [2.75, 3.05) is 43.4 Å². The summed E-state index contributed by atoms with van der Waals surface area (Å²) in [6.45, 7) is 6.27. The van der Waals surface area contributed by atoms with Gasteiger partial charge >= 0.3 is 6.03 Å². The lowest BCUT2D eigenvalue weighted by Gasteiger charge is -2.35. The summed E-state index contributed by atoms with van der Waals surface area (Å²) in [5, 5.41) is 13.1. The molecule has 0 saturated carbocycles. The molecule has 3 aromatic carbocycles. The predicted molar refractivity (Wildman–Crippen MR) is 182 cm³/mol. The Hall–Kier alpha value is -4.13. The maximum atomic E-state index is 14.3. The third-order valence-electron chi connectivity index (χ3n) is 8.18. The number of rotatable bonds is 8. The summed E-state index contributed by atoms with van der Waals surface area (Å²) in [7, 11) is -2.22. The highest BCUT2D eigenvalue weighted by molar-refractivity contribution is 7.92. The van der Waals surface area contributed by atoms with Gasteiger partial charge in [0.05, 0.1) is 35.3 Å². The molecule has 3 aromatic rings. The molecule has 3 amide bonds. The van der Waals surface area contributed by atoms with E-state index in [1.54, 1.807) is 54.1 Å². The minimum atomic E-state index is -3.92. The van der Waals surface area contributed by atoms with Gasteiger partial charge < -0.3 is 29.7 Å². The van der Waals surface area contributed by atoms with Crippen LogP contribution in [0.15, 0.2) is 83.8 Å². The van der Waals surface area contributed by atoms with Crippen LogP contribution in [-0.2, 0) is 14.8 Å². The van der Waals surface area contributed by atoms with Crippen molar-refractivity contribution < 1.29 is 32.6 Å². The predicted octanol–water partition coefficient (Wildman–Crippen LogP) is 5.45. The minimum absolute atomic E-state index is 0.0918. The molecule has 47 heavy (non-hydrogen) atoms.